The SMILES string of the molecule is Cc1cc(Nc2ncnc3ccc(O[C@H]4CCOC4)c(N4C[C@H]5[C@@H]4CCN5C)c23)ccc1Oc1cc2ncnn2cn1. The van der Waals surface area contributed by atoms with Crippen molar-refractivity contribution >= 4 is 33.7 Å². The molecule has 5 aromatic rings. The van der Waals surface area contributed by atoms with Gasteiger partial charge in [0.15, 0.2) is 5.65 Å². The molecule has 12 heteroatoms. The van der Waals surface area contributed by atoms with Gasteiger partial charge in [-0.1, -0.05) is 0 Å². The molecule has 1 N–H and O–H groups in total. The molecule has 3 aliphatic heterocycles. The lowest BCUT2D eigenvalue weighted by atomic mass is 9.94. The van der Waals surface area contributed by atoms with Crippen LogP contribution in [0.4, 0.5) is 17.2 Å². The maximum Gasteiger partial charge on any atom is 0.224 e. The number of nitrogens with zero attached hydrogens (tertiary/aromatic N) is 8. The number of benzene rings is 2. The molecular weight excluding hydrogens is 534 g/mol. The average Bonchev–Trinajstić information content (AvgIpc) is 3.72. The summed E-state index contributed by atoms with van der Waals surface area (Å²) in [5.41, 5.74) is 4.45. The highest BCUT2D eigenvalue weighted by atomic mass is 16.5. The Morgan fingerprint density at radius 3 is 2.76 bits per heavy atom. The highest BCUT2D eigenvalue weighted by Crippen LogP contribution is 2.46. The van der Waals surface area contributed by atoms with Gasteiger partial charge in [-0.3, -0.25) is 4.90 Å². The maximum atomic E-state index is 6.57. The first-order valence-electron chi connectivity index (χ1n) is 14.3. The van der Waals surface area contributed by atoms with Crippen LogP contribution in [0.5, 0.6) is 17.4 Å². The second-order valence-electron chi connectivity index (χ2n) is 11.2. The Morgan fingerprint density at radius 2 is 1.90 bits per heavy atom. The van der Waals surface area contributed by atoms with Gasteiger partial charge in [-0.25, -0.2) is 24.5 Å². The summed E-state index contributed by atoms with van der Waals surface area (Å²) in [4.78, 5) is 22.8. The fourth-order valence-corrected chi connectivity index (χ4v) is 6.30. The van der Waals surface area contributed by atoms with Crippen LogP contribution in [0.3, 0.4) is 0 Å². The Hall–Kier alpha value is -4.55. The zero-order chi connectivity index (χ0) is 28.2. The van der Waals surface area contributed by atoms with E-state index in [1.807, 2.05) is 31.2 Å². The monoisotopic (exact) mass is 565 g/mol. The van der Waals surface area contributed by atoms with Gasteiger partial charge in [0.1, 0.15) is 42.4 Å². The van der Waals surface area contributed by atoms with Crippen LogP contribution in [-0.2, 0) is 4.74 Å². The molecule has 2 aromatic carbocycles. The smallest absolute Gasteiger partial charge is 0.224 e. The van der Waals surface area contributed by atoms with Crippen LogP contribution < -0.4 is 19.7 Å². The number of rotatable bonds is 7. The summed E-state index contributed by atoms with van der Waals surface area (Å²) in [6, 6.07) is 12.8. The van der Waals surface area contributed by atoms with Crippen molar-refractivity contribution in [1.82, 2.24) is 34.4 Å². The number of likely N-dealkylation sites (tertiary alicyclic amines) is 1. The minimum atomic E-state index is 0.0423. The lowest BCUT2D eigenvalue weighted by molar-refractivity contribution is 0.141. The van der Waals surface area contributed by atoms with Gasteiger partial charge >= 0.3 is 0 Å². The van der Waals surface area contributed by atoms with E-state index in [9.17, 15) is 0 Å². The van der Waals surface area contributed by atoms with Gasteiger partial charge in [-0.15, -0.1) is 0 Å². The molecular formula is C30H31N9O3. The Morgan fingerprint density at radius 1 is 0.976 bits per heavy atom. The molecule has 3 saturated heterocycles. The fraction of sp³-hybridized carbons (Fsp3) is 0.367. The molecule has 0 saturated carbocycles. The van der Waals surface area contributed by atoms with E-state index in [2.05, 4.69) is 48.3 Å². The summed E-state index contributed by atoms with van der Waals surface area (Å²) in [5, 5.41) is 8.62. The number of hydrogen-bond donors (Lipinski definition) is 1. The van der Waals surface area contributed by atoms with Crippen molar-refractivity contribution in [2.45, 2.75) is 38.0 Å². The third kappa shape index (κ3) is 4.34. The van der Waals surface area contributed by atoms with Gasteiger partial charge in [0, 0.05) is 43.3 Å². The van der Waals surface area contributed by atoms with E-state index in [1.165, 1.54) is 6.33 Å². The molecule has 6 heterocycles. The maximum absolute atomic E-state index is 6.57. The minimum absolute atomic E-state index is 0.0423. The molecule has 214 valence electrons. The predicted octanol–water partition coefficient (Wildman–Crippen LogP) is 3.97. The second-order valence-corrected chi connectivity index (χ2v) is 11.2. The normalized spacial score (nSPS) is 22.0. The topological polar surface area (TPSA) is 115 Å². The summed E-state index contributed by atoms with van der Waals surface area (Å²) in [7, 11) is 2.22. The Labute approximate surface area is 242 Å². The Bertz CT molecular complexity index is 1790. The molecule has 3 atom stereocenters. The van der Waals surface area contributed by atoms with Crippen molar-refractivity contribution in [2.24, 2.45) is 0 Å². The van der Waals surface area contributed by atoms with E-state index in [4.69, 9.17) is 19.2 Å². The molecule has 8 rings (SSSR count). The van der Waals surface area contributed by atoms with Crippen LogP contribution in [0.1, 0.15) is 18.4 Å². The number of hydrogen-bond acceptors (Lipinski definition) is 11. The predicted molar refractivity (Wildman–Crippen MR) is 157 cm³/mol. The Balaban J connectivity index is 1.13. The van der Waals surface area contributed by atoms with Crippen molar-refractivity contribution in [3.8, 4) is 17.4 Å². The summed E-state index contributed by atoms with van der Waals surface area (Å²) in [5.74, 6) is 2.76. The molecule has 0 unspecified atom stereocenters. The lowest BCUT2D eigenvalue weighted by Crippen LogP contribution is -2.61. The van der Waals surface area contributed by atoms with Crippen LogP contribution in [0.25, 0.3) is 16.6 Å². The molecule has 0 radical (unpaired) electrons. The van der Waals surface area contributed by atoms with Crippen LogP contribution in [0.15, 0.2) is 55.4 Å². The molecule has 0 bridgehead atoms. The molecule has 42 heavy (non-hydrogen) atoms. The van der Waals surface area contributed by atoms with Crippen molar-refractivity contribution in [1.29, 1.82) is 0 Å². The summed E-state index contributed by atoms with van der Waals surface area (Å²) in [6.07, 6.45) is 6.74. The van der Waals surface area contributed by atoms with Crippen molar-refractivity contribution in [2.75, 3.05) is 43.6 Å². The first-order chi connectivity index (χ1) is 20.6. The Kier molecular flexibility index (Phi) is 6.04. The van der Waals surface area contributed by atoms with Crippen molar-refractivity contribution < 1.29 is 14.2 Å². The van der Waals surface area contributed by atoms with E-state index in [-0.39, 0.29) is 6.10 Å². The third-order valence-corrected chi connectivity index (χ3v) is 8.58. The van der Waals surface area contributed by atoms with E-state index >= 15 is 0 Å². The highest BCUT2D eigenvalue weighted by Gasteiger charge is 2.47. The number of fused-ring (bicyclic) bond motifs is 3. The van der Waals surface area contributed by atoms with Crippen LogP contribution in [0, 0.1) is 6.92 Å². The van der Waals surface area contributed by atoms with Crippen molar-refractivity contribution in [3.63, 3.8) is 0 Å². The quantitative estimate of drug-likeness (QED) is 0.309. The zero-order valence-electron chi connectivity index (χ0n) is 23.5. The van der Waals surface area contributed by atoms with Crippen LogP contribution >= 0.6 is 0 Å². The standard InChI is InChI=1S/C30H31N9O3/c1-18-11-19(3-5-24(18)42-27-12-26-32-16-35-39(26)17-34-27)36-30-28-21(31-15-33-30)4-6-25(41-20-8-10-40-14-20)29(28)38-13-23-22(38)7-9-37(23)2/h3-6,11-12,15-17,20,22-23H,7-10,13-14H2,1-2H3,(H,31,33,36)/t20-,22-,23-/m0/s1. The number of aromatic nitrogens is 6. The molecule has 0 spiro atoms. The second kappa shape index (κ2) is 10.1. The summed E-state index contributed by atoms with van der Waals surface area (Å²) in [6.45, 7) is 5.39. The molecule has 3 aromatic heterocycles. The number of ether oxygens (including phenoxy) is 3. The number of likely N-dealkylation sites (N-methyl/N-ethyl adjacent to an activating group) is 1. The first kappa shape index (κ1) is 25.2. The van der Waals surface area contributed by atoms with Gasteiger partial charge in [0.25, 0.3) is 0 Å². The van der Waals surface area contributed by atoms with Crippen LogP contribution in [0.2, 0.25) is 0 Å². The van der Waals surface area contributed by atoms with Crippen molar-refractivity contribution in [3.05, 3.63) is 60.9 Å². The molecule has 0 aliphatic carbocycles. The van der Waals surface area contributed by atoms with E-state index in [0.29, 0.717) is 36.0 Å². The number of anilines is 3. The van der Waals surface area contributed by atoms with Crippen LogP contribution in [-0.4, -0.2) is 86.0 Å². The zero-order valence-corrected chi connectivity index (χ0v) is 23.5. The molecule has 0 amide bonds. The van der Waals surface area contributed by atoms with Gasteiger partial charge in [0.05, 0.1) is 29.8 Å². The molecule has 3 fully saturated rings. The van der Waals surface area contributed by atoms with Gasteiger partial charge in [-0.05, 0) is 56.3 Å². The summed E-state index contributed by atoms with van der Waals surface area (Å²) >= 11 is 0. The average molecular weight is 566 g/mol. The third-order valence-electron chi connectivity index (χ3n) is 8.58. The fourth-order valence-electron chi connectivity index (χ4n) is 6.30. The molecule has 3 aliphatic rings. The minimum Gasteiger partial charge on any atom is -0.486 e. The highest BCUT2D eigenvalue weighted by molar-refractivity contribution is 6.04. The van der Waals surface area contributed by atoms with Gasteiger partial charge in [0.2, 0.25) is 5.88 Å². The molecule has 12 nitrogen and oxygen atoms in total. The number of aryl methyl sites for hydroxylation is 1. The summed E-state index contributed by atoms with van der Waals surface area (Å²) < 4.78 is 19.9. The van der Waals surface area contributed by atoms with Gasteiger partial charge < -0.3 is 24.4 Å². The first-order valence-corrected chi connectivity index (χ1v) is 14.3. The largest absolute Gasteiger partial charge is 0.486 e. The van der Waals surface area contributed by atoms with E-state index in [1.54, 1.807) is 23.2 Å². The lowest BCUT2D eigenvalue weighted by Gasteiger charge is -2.48. The van der Waals surface area contributed by atoms with Gasteiger partial charge in [-0.2, -0.15) is 5.10 Å². The van der Waals surface area contributed by atoms with E-state index < -0.39 is 0 Å². The van der Waals surface area contributed by atoms with E-state index in [0.717, 1.165) is 71.9 Å². The number of nitrogens with one attached hydrogen (secondary N) is 1.